The van der Waals surface area contributed by atoms with Crippen molar-refractivity contribution in [3.63, 3.8) is 0 Å². The predicted octanol–water partition coefficient (Wildman–Crippen LogP) is 6.82. The Morgan fingerprint density at radius 2 is 1.81 bits per heavy atom. The van der Waals surface area contributed by atoms with Gasteiger partial charge in [-0.2, -0.15) is 0 Å². The second-order valence-corrected chi connectivity index (χ2v) is 9.40. The summed E-state index contributed by atoms with van der Waals surface area (Å²) >= 11 is 0. The van der Waals surface area contributed by atoms with Crippen molar-refractivity contribution in [2.75, 3.05) is 11.9 Å². The number of fused-ring (bicyclic) bond motifs is 1. The molecule has 0 radical (unpaired) electrons. The molecule has 4 nitrogen and oxygen atoms in total. The second-order valence-electron chi connectivity index (χ2n) is 9.40. The Morgan fingerprint density at radius 3 is 2.48 bits per heavy atom. The highest BCUT2D eigenvalue weighted by atomic mass is 16.6. The average molecular weight is 426 g/mol. The molecule has 0 bridgehead atoms. The fourth-order valence-corrected chi connectivity index (χ4v) is 4.04. The monoisotopic (exact) mass is 425 g/mol. The van der Waals surface area contributed by atoms with E-state index in [-0.39, 0.29) is 18.3 Å². The molecule has 0 spiro atoms. The van der Waals surface area contributed by atoms with Gasteiger partial charge >= 0.3 is 0 Å². The molecule has 1 aliphatic rings. The third kappa shape index (κ3) is 6.24. The Balaban J connectivity index is 1.81. The molecule has 3 rings (SSSR count). The maximum atomic E-state index is 6.42. The molecule has 4 heteroatoms. The molecule has 0 saturated carbocycles. The van der Waals surface area contributed by atoms with Crippen LogP contribution in [0.25, 0.3) is 0 Å². The SMILES string of the molecule is CCCCCOC1C(OC(C)C)c2cc(NCc3ccc(C)cc3)ccc2OC1(C)C. The minimum Gasteiger partial charge on any atom is -0.485 e. The number of ether oxygens (including phenoxy) is 3. The van der Waals surface area contributed by atoms with Gasteiger partial charge in [-0.25, -0.2) is 0 Å². The van der Waals surface area contributed by atoms with Crippen LogP contribution in [-0.4, -0.2) is 24.4 Å². The van der Waals surface area contributed by atoms with Crippen LogP contribution in [0.1, 0.15) is 76.7 Å². The van der Waals surface area contributed by atoms with Gasteiger partial charge in [0.2, 0.25) is 0 Å². The quantitative estimate of drug-likeness (QED) is 0.424. The van der Waals surface area contributed by atoms with Crippen molar-refractivity contribution in [2.45, 2.75) is 91.3 Å². The van der Waals surface area contributed by atoms with Crippen molar-refractivity contribution in [1.29, 1.82) is 0 Å². The summed E-state index contributed by atoms with van der Waals surface area (Å²) in [6, 6.07) is 14.9. The smallest absolute Gasteiger partial charge is 0.132 e. The van der Waals surface area contributed by atoms with Crippen LogP contribution < -0.4 is 10.1 Å². The number of hydrogen-bond donors (Lipinski definition) is 1. The Kier molecular flexibility index (Phi) is 8.01. The zero-order valence-electron chi connectivity index (χ0n) is 20.0. The van der Waals surface area contributed by atoms with E-state index in [4.69, 9.17) is 14.2 Å². The number of hydrogen-bond acceptors (Lipinski definition) is 4. The topological polar surface area (TPSA) is 39.7 Å². The molecule has 0 amide bonds. The van der Waals surface area contributed by atoms with Gasteiger partial charge in [0.25, 0.3) is 0 Å². The van der Waals surface area contributed by atoms with Gasteiger partial charge in [-0.15, -0.1) is 0 Å². The van der Waals surface area contributed by atoms with Crippen molar-refractivity contribution in [1.82, 2.24) is 0 Å². The number of unbranched alkanes of at least 4 members (excludes halogenated alkanes) is 2. The first kappa shape index (κ1) is 23.6. The molecule has 0 fully saturated rings. The first-order valence-electron chi connectivity index (χ1n) is 11.7. The van der Waals surface area contributed by atoms with Crippen LogP contribution in [0.2, 0.25) is 0 Å². The van der Waals surface area contributed by atoms with Crippen LogP contribution in [0.3, 0.4) is 0 Å². The molecular formula is C27H39NO3. The van der Waals surface area contributed by atoms with E-state index >= 15 is 0 Å². The highest BCUT2D eigenvalue weighted by Gasteiger charge is 2.46. The lowest BCUT2D eigenvalue weighted by Gasteiger charge is -2.45. The van der Waals surface area contributed by atoms with E-state index in [9.17, 15) is 0 Å². The van der Waals surface area contributed by atoms with E-state index in [1.54, 1.807) is 0 Å². The molecule has 2 aromatic carbocycles. The third-order valence-corrected chi connectivity index (χ3v) is 5.73. The Labute approximate surface area is 188 Å². The molecule has 2 atom stereocenters. The molecule has 1 heterocycles. The first-order valence-corrected chi connectivity index (χ1v) is 11.7. The van der Waals surface area contributed by atoms with E-state index < -0.39 is 5.60 Å². The summed E-state index contributed by atoms with van der Waals surface area (Å²) < 4.78 is 19.2. The van der Waals surface area contributed by atoms with Crippen molar-refractivity contribution in [3.05, 3.63) is 59.2 Å². The van der Waals surface area contributed by atoms with E-state index in [2.05, 4.69) is 89.3 Å². The van der Waals surface area contributed by atoms with Gasteiger partial charge in [-0.05, 0) is 64.8 Å². The molecular weight excluding hydrogens is 386 g/mol. The molecule has 0 aliphatic carbocycles. The Morgan fingerprint density at radius 1 is 1.06 bits per heavy atom. The van der Waals surface area contributed by atoms with Crippen molar-refractivity contribution in [2.24, 2.45) is 0 Å². The highest BCUT2D eigenvalue weighted by molar-refractivity contribution is 5.54. The number of nitrogens with one attached hydrogen (secondary N) is 1. The summed E-state index contributed by atoms with van der Waals surface area (Å²) in [5, 5.41) is 3.55. The van der Waals surface area contributed by atoms with Crippen LogP contribution in [0.15, 0.2) is 42.5 Å². The second kappa shape index (κ2) is 10.5. The highest BCUT2D eigenvalue weighted by Crippen LogP contribution is 2.44. The maximum Gasteiger partial charge on any atom is 0.132 e. The molecule has 0 saturated heterocycles. The fourth-order valence-electron chi connectivity index (χ4n) is 4.04. The van der Waals surface area contributed by atoms with Crippen LogP contribution in [0.5, 0.6) is 5.75 Å². The van der Waals surface area contributed by atoms with Crippen LogP contribution >= 0.6 is 0 Å². The lowest BCUT2D eigenvalue weighted by Crippen LogP contribution is -2.51. The predicted molar refractivity (Wildman–Crippen MR) is 128 cm³/mol. The number of anilines is 1. The molecule has 2 unspecified atom stereocenters. The summed E-state index contributed by atoms with van der Waals surface area (Å²) in [6.45, 7) is 14.2. The Bertz CT molecular complexity index is 829. The molecule has 0 aromatic heterocycles. The number of rotatable bonds is 10. The largest absolute Gasteiger partial charge is 0.485 e. The molecule has 31 heavy (non-hydrogen) atoms. The molecule has 2 aromatic rings. The third-order valence-electron chi connectivity index (χ3n) is 5.73. The number of benzene rings is 2. The molecule has 170 valence electrons. The lowest BCUT2D eigenvalue weighted by molar-refractivity contribution is -0.173. The van der Waals surface area contributed by atoms with Gasteiger partial charge in [0.05, 0.1) is 6.10 Å². The summed E-state index contributed by atoms with van der Waals surface area (Å²) in [6.07, 6.45) is 3.18. The van der Waals surface area contributed by atoms with Crippen molar-refractivity contribution >= 4 is 5.69 Å². The van der Waals surface area contributed by atoms with Crippen molar-refractivity contribution in [3.8, 4) is 5.75 Å². The zero-order chi connectivity index (χ0) is 22.4. The number of aryl methyl sites for hydroxylation is 1. The minimum absolute atomic E-state index is 0.0951. The standard InChI is InChI=1S/C27H39NO3/c1-7-8-9-16-29-26-25(30-19(2)3)23-17-22(14-15-24(23)31-27(26,5)6)28-18-21-12-10-20(4)11-13-21/h10-15,17,19,25-26,28H,7-9,16,18H2,1-6H3. The van der Waals surface area contributed by atoms with Gasteiger partial charge in [0, 0.05) is 24.4 Å². The van der Waals surface area contributed by atoms with Crippen LogP contribution in [-0.2, 0) is 16.0 Å². The van der Waals surface area contributed by atoms with Gasteiger partial charge in [-0.1, -0.05) is 49.6 Å². The fraction of sp³-hybridized carbons (Fsp3) is 0.556. The van der Waals surface area contributed by atoms with Gasteiger partial charge < -0.3 is 19.5 Å². The van der Waals surface area contributed by atoms with E-state index in [1.807, 2.05) is 0 Å². The minimum atomic E-state index is -0.463. The average Bonchev–Trinajstić information content (AvgIpc) is 2.72. The first-order chi connectivity index (χ1) is 14.8. The van der Waals surface area contributed by atoms with E-state index in [0.29, 0.717) is 0 Å². The van der Waals surface area contributed by atoms with Gasteiger partial charge in [0.1, 0.15) is 23.6 Å². The molecule has 1 N–H and O–H groups in total. The molecule has 1 aliphatic heterocycles. The van der Waals surface area contributed by atoms with E-state index in [1.165, 1.54) is 24.0 Å². The Hall–Kier alpha value is -2.04. The summed E-state index contributed by atoms with van der Waals surface area (Å²) in [7, 11) is 0. The summed E-state index contributed by atoms with van der Waals surface area (Å²) in [4.78, 5) is 0. The van der Waals surface area contributed by atoms with E-state index in [0.717, 1.165) is 36.6 Å². The van der Waals surface area contributed by atoms with Crippen LogP contribution in [0, 0.1) is 6.92 Å². The lowest BCUT2D eigenvalue weighted by atomic mass is 9.87. The normalized spacial score (nSPS) is 19.7. The van der Waals surface area contributed by atoms with Crippen molar-refractivity contribution < 1.29 is 14.2 Å². The maximum absolute atomic E-state index is 6.42. The van der Waals surface area contributed by atoms with Gasteiger partial charge in [0.15, 0.2) is 0 Å². The summed E-state index contributed by atoms with van der Waals surface area (Å²) in [5.41, 5.74) is 4.19. The van der Waals surface area contributed by atoms with Gasteiger partial charge in [-0.3, -0.25) is 0 Å². The van der Waals surface area contributed by atoms with Crippen LogP contribution in [0.4, 0.5) is 5.69 Å². The summed E-state index contributed by atoms with van der Waals surface area (Å²) in [5.74, 6) is 0.880. The zero-order valence-corrected chi connectivity index (χ0v) is 20.0.